The van der Waals surface area contributed by atoms with Crippen LogP contribution in [-0.2, 0) is 12.0 Å². The number of halogens is 1. The summed E-state index contributed by atoms with van der Waals surface area (Å²) in [6.07, 6.45) is 11.6. The van der Waals surface area contributed by atoms with Crippen LogP contribution in [0.5, 0.6) is 0 Å². The smallest absolute Gasteiger partial charge is 0.292 e. The summed E-state index contributed by atoms with van der Waals surface area (Å²) in [6.45, 7) is 5.71. The van der Waals surface area contributed by atoms with Gasteiger partial charge in [-0.15, -0.1) is 0 Å². The van der Waals surface area contributed by atoms with Crippen LogP contribution in [0.25, 0.3) is 33.7 Å². The second-order valence-corrected chi connectivity index (χ2v) is 11.3. The minimum Gasteiger partial charge on any atom is -0.345 e. The highest BCUT2D eigenvalue weighted by molar-refractivity contribution is 5.91. The standard InChI is InChI=1S/C29H31FN8O2/c1-29(2,3)28-36-26(37-40-28)27(39)32-14-18-10-9-17(13-22(18)30)21-11-12-31-25-23(21)34-24(35-25)19-15-33-38(16-19)20-7-5-4-6-8-20/h9-13,15-16,20H,4-8,14H2,1-3H3,(H,32,39)(H,31,34,35). The van der Waals surface area contributed by atoms with Gasteiger partial charge in [-0.3, -0.25) is 9.48 Å². The number of nitrogens with zero attached hydrogens (tertiary/aromatic N) is 6. The van der Waals surface area contributed by atoms with E-state index in [4.69, 9.17) is 4.52 Å². The van der Waals surface area contributed by atoms with E-state index < -0.39 is 11.7 Å². The van der Waals surface area contributed by atoms with Crippen molar-refractivity contribution in [1.29, 1.82) is 0 Å². The highest BCUT2D eigenvalue weighted by Crippen LogP contribution is 2.32. The molecule has 0 saturated heterocycles. The first kappa shape index (κ1) is 25.8. The molecule has 6 rings (SSSR count). The molecule has 1 aromatic carbocycles. The second-order valence-electron chi connectivity index (χ2n) is 11.3. The molecule has 206 valence electrons. The zero-order chi connectivity index (χ0) is 27.9. The third-order valence-corrected chi connectivity index (χ3v) is 7.29. The van der Waals surface area contributed by atoms with E-state index >= 15 is 4.39 Å². The second kappa shape index (κ2) is 10.3. The van der Waals surface area contributed by atoms with E-state index in [1.807, 2.05) is 50.0 Å². The minimum absolute atomic E-state index is 0.0186. The molecule has 40 heavy (non-hydrogen) atoms. The van der Waals surface area contributed by atoms with Crippen LogP contribution in [0.2, 0.25) is 0 Å². The molecule has 4 aromatic heterocycles. The summed E-state index contributed by atoms with van der Waals surface area (Å²) in [7, 11) is 0. The van der Waals surface area contributed by atoms with Crippen molar-refractivity contribution in [2.75, 3.05) is 0 Å². The summed E-state index contributed by atoms with van der Waals surface area (Å²) in [5.41, 5.74) is 3.56. The summed E-state index contributed by atoms with van der Waals surface area (Å²) in [5, 5.41) is 11.0. The number of carbonyl (C=O) groups excluding carboxylic acids is 1. The number of carbonyl (C=O) groups is 1. The summed E-state index contributed by atoms with van der Waals surface area (Å²) < 4.78 is 22.4. The molecule has 1 saturated carbocycles. The number of fused-ring (bicyclic) bond motifs is 1. The Kier molecular flexibility index (Phi) is 6.65. The van der Waals surface area contributed by atoms with Gasteiger partial charge in [0.2, 0.25) is 5.89 Å². The van der Waals surface area contributed by atoms with Gasteiger partial charge in [-0.1, -0.05) is 57.3 Å². The number of H-pyrrole nitrogens is 1. The zero-order valence-corrected chi connectivity index (χ0v) is 22.7. The van der Waals surface area contributed by atoms with Crippen molar-refractivity contribution in [2.45, 2.75) is 70.9 Å². The quantitative estimate of drug-likeness (QED) is 0.280. The fraction of sp³-hybridized carbons (Fsp3) is 0.379. The van der Waals surface area contributed by atoms with Gasteiger partial charge in [-0.2, -0.15) is 10.1 Å². The lowest BCUT2D eigenvalue weighted by atomic mass is 9.96. The number of imidazole rings is 1. The Morgan fingerprint density at radius 2 is 1.98 bits per heavy atom. The predicted molar refractivity (Wildman–Crippen MR) is 147 cm³/mol. The first-order valence-electron chi connectivity index (χ1n) is 13.6. The third kappa shape index (κ3) is 5.11. The molecular weight excluding hydrogens is 511 g/mol. The number of nitrogens with one attached hydrogen (secondary N) is 2. The van der Waals surface area contributed by atoms with Gasteiger partial charge in [0, 0.05) is 35.5 Å². The van der Waals surface area contributed by atoms with Crippen molar-refractivity contribution in [2.24, 2.45) is 0 Å². The molecule has 0 atom stereocenters. The van der Waals surface area contributed by atoms with Crippen molar-refractivity contribution in [1.82, 2.24) is 40.2 Å². The van der Waals surface area contributed by atoms with Gasteiger partial charge in [0.1, 0.15) is 11.6 Å². The SMILES string of the molecule is CC(C)(C)c1nc(C(=O)NCc2ccc(-c3ccnc4nc(-c5cnn(C6CCCCC6)c5)[nH]c34)cc2F)no1. The summed E-state index contributed by atoms with van der Waals surface area (Å²) >= 11 is 0. The van der Waals surface area contributed by atoms with Crippen LogP contribution < -0.4 is 5.32 Å². The monoisotopic (exact) mass is 542 g/mol. The van der Waals surface area contributed by atoms with Gasteiger partial charge in [0.15, 0.2) is 5.65 Å². The molecule has 1 aliphatic carbocycles. The van der Waals surface area contributed by atoms with Crippen LogP contribution in [0.15, 0.2) is 47.4 Å². The Morgan fingerprint density at radius 1 is 1.15 bits per heavy atom. The molecule has 1 aliphatic rings. The third-order valence-electron chi connectivity index (χ3n) is 7.29. The summed E-state index contributed by atoms with van der Waals surface area (Å²) in [6, 6.07) is 7.17. The average Bonchev–Trinajstić information content (AvgIpc) is 3.71. The van der Waals surface area contributed by atoms with Crippen LogP contribution in [0, 0.1) is 5.82 Å². The van der Waals surface area contributed by atoms with Crippen molar-refractivity contribution < 1.29 is 13.7 Å². The van der Waals surface area contributed by atoms with E-state index in [1.165, 1.54) is 25.3 Å². The van der Waals surface area contributed by atoms with Crippen LogP contribution in [-0.4, -0.2) is 40.8 Å². The number of pyridine rings is 1. The molecule has 2 N–H and O–H groups in total. The van der Waals surface area contributed by atoms with E-state index in [0.717, 1.165) is 29.5 Å². The molecule has 5 aromatic rings. The number of hydrogen-bond donors (Lipinski definition) is 2. The highest BCUT2D eigenvalue weighted by atomic mass is 19.1. The molecule has 0 aliphatic heterocycles. The van der Waals surface area contributed by atoms with Gasteiger partial charge in [0.05, 0.1) is 23.3 Å². The van der Waals surface area contributed by atoms with Crippen LogP contribution in [0.4, 0.5) is 4.39 Å². The number of aromatic nitrogens is 7. The first-order chi connectivity index (χ1) is 19.3. The van der Waals surface area contributed by atoms with Gasteiger partial charge in [-0.25, -0.2) is 14.4 Å². The Morgan fingerprint density at radius 3 is 2.73 bits per heavy atom. The summed E-state index contributed by atoms with van der Waals surface area (Å²) in [4.78, 5) is 29.1. The number of hydrogen-bond acceptors (Lipinski definition) is 7. The van der Waals surface area contributed by atoms with Crippen molar-refractivity contribution >= 4 is 17.1 Å². The lowest BCUT2D eigenvalue weighted by molar-refractivity contribution is 0.0937. The molecule has 0 radical (unpaired) electrons. The number of aromatic amines is 1. The van der Waals surface area contributed by atoms with E-state index in [-0.39, 0.29) is 17.8 Å². The van der Waals surface area contributed by atoms with Gasteiger partial charge in [-0.05, 0) is 30.5 Å². The zero-order valence-electron chi connectivity index (χ0n) is 22.7. The Hall–Kier alpha value is -4.41. The number of benzene rings is 1. The van der Waals surface area contributed by atoms with Crippen LogP contribution in [0.1, 0.15) is 81.0 Å². The molecule has 1 amide bonds. The normalized spacial score (nSPS) is 14.6. The largest absolute Gasteiger partial charge is 0.345 e. The van der Waals surface area contributed by atoms with Crippen molar-refractivity contribution in [3.05, 3.63) is 66.0 Å². The van der Waals surface area contributed by atoms with Crippen LogP contribution >= 0.6 is 0 Å². The van der Waals surface area contributed by atoms with Gasteiger partial charge >= 0.3 is 0 Å². The highest BCUT2D eigenvalue weighted by Gasteiger charge is 2.24. The van der Waals surface area contributed by atoms with Crippen molar-refractivity contribution in [3.63, 3.8) is 0 Å². The predicted octanol–water partition coefficient (Wildman–Crippen LogP) is 5.74. The average molecular weight is 543 g/mol. The van der Waals surface area contributed by atoms with E-state index in [0.29, 0.717) is 34.5 Å². The molecular formula is C29H31FN8O2. The lowest BCUT2D eigenvalue weighted by Gasteiger charge is -2.21. The molecule has 4 heterocycles. The first-order valence-corrected chi connectivity index (χ1v) is 13.6. The Balaban J connectivity index is 1.20. The molecule has 0 spiro atoms. The Labute approximate surface area is 230 Å². The Bertz CT molecular complexity index is 1670. The molecule has 11 heteroatoms. The fourth-order valence-electron chi connectivity index (χ4n) is 5.03. The van der Waals surface area contributed by atoms with E-state index in [9.17, 15) is 4.79 Å². The lowest BCUT2D eigenvalue weighted by Crippen LogP contribution is -2.24. The fourth-order valence-corrected chi connectivity index (χ4v) is 5.03. The van der Waals surface area contributed by atoms with Crippen LogP contribution in [0.3, 0.4) is 0 Å². The topological polar surface area (TPSA) is 127 Å². The van der Waals surface area contributed by atoms with E-state index in [2.05, 4.69) is 35.5 Å². The molecule has 1 fully saturated rings. The van der Waals surface area contributed by atoms with Crippen molar-refractivity contribution in [3.8, 4) is 22.5 Å². The van der Waals surface area contributed by atoms with E-state index in [1.54, 1.807) is 12.3 Å². The summed E-state index contributed by atoms with van der Waals surface area (Å²) in [5.74, 6) is -0.0275. The maximum atomic E-state index is 15.1. The minimum atomic E-state index is -0.532. The van der Waals surface area contributed by atoms with Gasteiger partial charge < -0.3 is 14.8 Å². The van der Waals surface area contributed by atoms with Gasteiger partial charge in [0.25, 0.3) is 11.7 Å². The molecule has 0 bridgehead atoms. The number of rotatable bonds is 6. The maximum absolute atomic E-state index is 15.1. The number of amides is 1. The molecule has 0 unspecified atom stereocenters. The maximum Gasteiger partial charge on any atom is 0.292 e. The molecule has 10 nitrogen and oxygen atoms in total.